The number of hydrogen-bond donors (Lipinski definition) is 2. The third kappa shape index (κ3) is 1.54. The largest absolute Gasteiger partial charge is 0.508 e. The van der Waals surface area contributed by atoms with Crippen molar-refractivity contribution < 1.29 is 10.2 Å². The van der Waals surface area contributed by atoms with Crippen LogP contribution in [-0.4, -0.2) is 14.5 Å². The number of halogens is 2. The number of phenolic OH excluding ortho intramolecular Hbond substituents is 2. The highest BCUT2D eigenvalue weighted by atomic mass is 35.5. The summed E-state index contributed by atoms with van der Waals surface area (Å²) in [5.74, 6) is 0.244. The molecule has 2 N–H and O–H groups in total. The van der Waals surface area contributed by atoms with Gasteiger partial charge in [0.25, 0.3) is 0 Å². The number of phenols is 2. The maximum absolute atomic E-state index is 9.97. The second-order valence-corrected chi connectivity index (χ2v) is 6.00. The second-order valence-electron chi connectivity index (χ2n) is 4.61. The number of alkyl halides is 2. The molecule has 0 aromatic heterocycles. The molecule has 0 saturated heterocycles. The van der Waals surface area contributed by atoms with Gasteiger partial charge in [0.2, 0.25) is 0 Å². The van der Waals surface area contributed by atoms with Gasteiger partial charge in [-0.15, -0.1) is 23.2 Å². The highest BCUT2D eigenvalue weighted by molar-refractivity contribution is 6.52. The van der Waals surface area contributed by atoms with Crippen LogP contribution in [0.2, 0.25) is 0 Å². The molecule has 2 atom stereocenters. The van der Waals surface area contributed by atoms with Crippen molar-refractivity contribution >= 4 is 23.2 Å². The monoisotopic (exact) mass is 274 g/mol. The molecule has 0 spiro atoms. The highest BCUT2D eigenvalue weighted by Gasteiger charge is 2.74. The van der Waals surface area contributed by atoms with Crippen molar-refractivity contribution in [3.05, 3.63) is 23.8 Å². The summed E-state index contributed by atoms with van der Waals surface area (Å²) in [6.45, 7) is 4.06. The average molecular weight is 275 g/mol. The summed E-state index contributed by atoms with van der Waals surface area (Å²) < 4.78 is -0.828. The normalized spacial score (nSPS) is 30.2. The fourth-order valence-corrected chi connectivity index (χ4v) is 4.38. The minimum Gasteiger partial charge on any atom is -0.508 e. The van der Waals surface area contributed by atoms with Crippen molar-refractivity contribution in [2.75, 3.05) is 0 Å². The van der Waals surface area contributed by atoms with Gasteiger partial charge in [0.1, 0.15) is 15.8 Å². The summed E-state index contributed by atoms with van der Waals surface area (Å²) in [5, 5.41) is 19.3. The molecule has 1 saturated carbocycles. The van der Waals surface area contributed by atoms with Gasteiger partial charge in [0, 0.05) is 23.0 Å². The van der Waals surface area contributed by atoms with E-state index in [0.29, 0.717) is 0 Å². The van der Waals surface area contributed by atoms with Crippen LogP contribution in [0.1, 0.15) is 32.3 Å². The smallest absolute Gasteiger partial charge is 0.132 e. The van der Waals surface area contributed by atoms with Crippen LogP contribution in [0.3, 0.4) is 0 Å². The summed E-state index contributed by atoms with van der Waals surface area (Å²) in [7, 11) is 0. The van der Waals surface area contributed by atoms with Gasteiger partial charge in [-0.1, -0.05) is 19.9 Å². The van der Waals surface area contributed by atoms with Crippen molar-refractivity contribution in [3.63, 3.8) is 0 Å². The fraction of sp³-hybridized carbons (Fsp3) is 0.538. The summed E-state index contributed by atoms with van der Waals surface area (Å²) in [6, 6.07) is 4.60. The first-order valence-electron chi connectivity index (χ1n) is 5.82. The van der Waals surface area contributed by atoms with Crippen molar-refractivity contribution in [2.45, 2.75) is 36.4 Å². The molecule has 0 aliphatic heterocycles. The molecule has 2 nitrogen and oxygen atoms in total. The summed E-state index contributed by atoms with van der Waals surface area (Å²) in [4.78, 5) is 0. The number of benzene rings is 1. The van der Waals surface area contributed by atoms with Gasteiger partial charge in [-0.05, 0) is 18.9 Å². The van der Waals surface area contributed by atoms with Crippen molar-refractivity contribution in [1.82, 2.24) is 0 Å². The lowest BCUT2D eigenvalue weighted by Gasteiger charge is -2.18. The maximum Gasteiger partial charge on any atom is 0.132 e. The molecule has 1 aliphatic rings. The zero-order valence-corrected chi connectivity index (χ0v) is 11.4. The topological polar surface area (TPSA) is 40.5 Å². The molecular formula is C13H16Cl2O2. The Labute approximate surface area is 111 Å². The lowest BCUT2D eigenvalue weighted by atomic mass is 9.89. The Morgan fingerprint density at radius 1 is 1.24 bits per heavy atom. The molecule has 4 heteroatoms. The third-order valence-corrected chi connectivity index (χ3v) is 5.17. The van der Waals surface area contributed by atoms with Crippen molar-refractivity contribution in [1.29, 1.82) is 0 Å². The Morgan fingerprint density at radius 3 is 2.29 bits per heavy atom. The average Bonchev–Trinajstić information content (AvgIpc) is 2.74. The van der Waals surface area contributed by atoms with E-state index >= 15 is 0 Å². The molecule has 0 amide bonds. The Kier molecular flexibility index (Phi) is 2.99. The molecule has 17 heavy (non-hydrogen) atoms. The predicted molar refractivity (Wildman–Crippen MR) is 70.0 cm³/mol. The molecule has 1 fully saturated rings. The van der Waals surface area contributed by atoms with E-state index in [2.05, 4.69) is 0 Å². The van der Waals surface area contributed by atoms with Crippen molar-refractivity contribution in [3.8, 4) is 11.5 Å². The van der Waals surface area contributed by atoms with Crippen molar-refractivity contribution in [2.24, 2.45) is 5.92 Å². The van der Waals surface area contributed by atoms with Gasteiger partial charge in [-0.3, -0.25) is 0 Å². The number of hydrogen-bond acceptors (Lipinski definition) is 2. The quantitative estimate of drug-likeness (QED) is 0.820. The first-order valence-corrected chi connectivity index (χ1v) is 6.57. The van der Waals surface area contributed by atoms with Crippen LogP contribution in [0.15, 0.2) is 18.2 Å². The lowest BCUT2D eigenvalue weighted by Crippen LogP contribution is -2.14. The highest BCUT2D eigenvalue weighted by Crippen LogP contribution is 2.73. The summed E-state index contributed by atoms with van der Waals surface area (Å²) in [6.07, 6.45) is 1.62. The first-order chi connectivity index (χ1) is 7.91. The molecular weight excluding hydrogens is 259 g/mol. The van der Waals surface area contributed by atoms with E-state index in [-0.39, 0.29) is 17.4 Å². The Hall–Kier alpha value is -0.600. The van der Waals surface area contributed by atoms with E-state index in [0.717, 1.165) is 18.4 Å². The van der Waals surface area contributed by atoms with Crippen LogP contribution in [0, 0.1) is 5.92 Å². The van der Waals surface area contributed by atoms with Gasteiger partial charge >= 0.3 is 0 Å². The summed E-state index contributed by atoms with van der Waals surface area (Å²) in [5.41, 5.74) is 0.331. The maximum atomic E-state index is 9.97. The molecule has 0 radical (unpaired) electrons. The van der Waals surface area contributed by atoms with Gasteiger partial charge in [-0.2, -0.15) is 0 Å². The predicted octanol–water partition coefficient (Wildman–Crippen LogP) is 3.96. The van der Waals surface area contributed by atoms with Crippen LogP contribution in [0.4, 0.5) is 0 Å². The van der Waals surface area contributed by atoms with Crippen LogP contribution in [0.25, 0.3) is 0 Å². The molecule has 2 unspecified atom stereocenters. The second kappa shape index (κ2) is 3.96. The van der Waals surface area contributed by atoms with E-state index < -0.39 is 9.75 Å². The number of aromatic hydroxyl groups is 2. The standard InChI is InChI=1S/C13H16Cl2O2/c1-3-11-12(4-2,13(11,14)15)9-6-5-8(16)7-10(9)17/h5-7,11,16-17H,3-4H2,1-2H3. The van der Waals surface area contributed by atoms with E-state index in [4.69, 9.17) is 23.2 Å². The molecule has 94 valence electrons. The van der Waals surface area contributed by atoms with Crippen LogP contribution >= 0.6 is 23.2 Å². The van der Waals surface area contributed by atoms with Crippen LogP contribution < -0.4 is 0 Å². The number of rotatable bonds is 3. The Morgan fingerprint density at radius 2 is 1.88 bits per heavy atom. The van der Waals surface area contributed by atoms with E-state index in [1.807, 2.05) is 13.8 Å². The fourth-order valence-electron chi connectivity index (χ4n) is 3.07. The SMILES string of the molecule is CCC1C(Cl)(Cl)C1(CC)c1ccc(O)cc1O. The van der Waals surface area contributed by atoms with E-state index in [1.165, 1.54) is 6.07 Å². The Balaban J connectivity index is 2.51. The lowest BCUT2D eigenvalue weighted by molar-refractivity contribution is 0.433. The van der Waals surface area contributed by atoms with Gasteiger partial charge in [0.05, 0.1) is 0 Å². The molecule has 2 rings (SSSR count). The van der Waals surface area contributed by atoms with Gasteiger partial charge < -0.3 is 10.2 Å². The Bertz CT molecular complexity index is 445. The van der Waals surface area contributed by atoms with Crippen LogP contribution in [0.5, 0.6) is 11.5 Å². The zero-order valence-electron chi connectivity index (χ0n) is 9.87. The molecule has 1 aromatic rings. The minimum absolute atomic E-state index is 0.0425. The molecule has 0 bridgehead atoms. The summed E-state index contributed by atoms with van der Waals surface area (Å²) >= 11 is 12.7. The van der Waals surface area contributed by atoms with E-state index in [1.54, 1.807) is 12.1 Å². The zero-order chi connectivity index (χ0) is 12.8. The van der Waals surface area contributed by atoms with Gasteiger partial charge in [0.15, 0.2) is 0 Å². The molecule has 0 heterocycles. The first kappa shape index (κ1) is 12.8. The van der Waals surface area contributed by atoms with Gasteiger partial charge in [-0.25, -0.2) is 0 Å². The third-order valence-electron chi connectivity index (χ3n) is 3.97. The molecule has 1 aliphatic carbocycles. The van der Waals surface area contributed by atoms with Crippen LogP contribution in [-0.2, 0) is 5.41 Å². The van der Waals surface area contributed by atoms with E-state index in [9.17, 15) is 10.2 Å². The minimum atomic E-state index is -0.828. The molecule has 1 aromatic carbocycles.